The molecule has 0 radical (unpaired) electrons. The lowest BCUT2D eigenvalue weighted by Crippen LogP contribution is -2.53. The molecule has 1 aliphatic carbocycles. The molecule has 3 atom stereocenters. The van der Waals surface area contributed by atoms with E-state index in [0.717, 1.165) is 17.9 Å². The van der Waals surface area contributed by atoms with Gasteiger partial charge in [0.15, 0.2) is 0 Å². The number of hydrogen-bond acceptors (Lipinski definition) is 2. The van der Waals surface area contributed by atoms with E-state index in [2.05, 4.69) is 51.9 Å². The molecule has 0 saturated heterocycles. The van der Waals surface area contributed by atoms with Crippen molar-refractivity contribution in [3.8, 4) is 0 Å². The summed E-state index contributed by atoms with van der Waals surface area (Å²) in [4.78, 5) is 2.60. The first-order valence-electron chi connectivity index (χ1n) is 6.88. The zero-order valence-electron chi connectivity index (χ0n) is 12.0. The standard InChI is InChI=1S/C14H30N2/c1-10(2)12(5)16(6)14-8-7-13(14)9-15-11(3)4/h10-15H,7-9H2,1-6H3. The first-order valence-corrected chi connectivity index (χ1v) is 6.88. The van der Waals surface area contributed by atoms with E-state index in [4.69, 9.17) is 0 Å². The first kappa shape index (κ1) is 14.0. The minimum atomic E-state index is 0.620. The van der Waals surface area contributed by atoms with E-state index in [9.17, 15) is 0 Å². The molecule has 96 valence electrons. The Hall–Kier alpha value is -0.0800. The normalized spacial score (nSPS) is 27.6. The topological polar surface area (TPSA) is 15.3 Å². The summed E-state index contributed by atoms with van der Waals surface area (Å²) < 4.78 is 0. The van der Waals surface area contributed by atoms with Crippen LogP contribution in [0.5, 0.6) is 0 Å². The Morgan fingerprint density at radius 1 is 1.12 bits per heavy atom. The van der Waals surface area contributed by atoms with Crippen LogP contribution < -0.4 is 5.32 Å². The smallest absolute Gasteiger partial charge is 0.0136 e. The van der Waals surface area contributed by atoms with E-state index in [-0.39, 0.29) is 0 Å². The zero-order chi connectivity index (χ0) is 12.3. The summed E-state index contributed by atoms with van der Waals surface area (Å²) in [6.07, 6.45) is 2.79. The van der Waals surface area contributed by atoms with Gasteiger partial charge in [0.25, 0.3) is 0 Å². The predicted molar refractivity (Wildman–Crippen MR) is 71.7 cm³/mol. The molecule has 1 saturated carbocycles. The highest BCUT2D eigenvalue weighted by atomic mass is 15.2. The van der Waals surface area contributed by atoms with Gasteiger partial charge in [0.2, 0.25) is 0 Å². The Labute approximate surface area is 102 Å². The van der Waals surface area contributed by atoms with Crippen LogP contribution in [0.1, 0.15) is 47.5 Å². The van der Waals surface area contributed by atoms with Crippen LogP contribution in [-0.2, 0) is 0 Å². The van der Waals surface area contributed by atoms with Crippen LogP contribution >= 0.6 is 0 Å². The minimum Gasteiger partial charge on any atom is -0.314 e. The van der Waals surface area contributed by atoms with Gasteiger partial charge in [-0.05, 0) is 45.2 Å². The van der Waals surface area contributed by atoms with Crippen LogP contribution in [-0.4, -0.2) is 36.6 Å². The Morgan fingerprint density at radius 2 is 1.75 bits per heavy atom. The minimum absolute atomic E-state index is 0.620. The molecule has 0 amide bonds. The quantitative estimate of drug-likeness (QED) is 0.749. The second-order valence-electron chi connectivity index (χ2n) is 6.12. The molecular weight excluding hydrogens is 196 g/mol. The van der Waals surface area contributed by atoms with Crippen LogP contribution in [0.15, 0.2) is 0 Å². The van der Waals surface area contributed by atoms with Crippen LogP contribution in [0, 0.1) is 11.8 Å². The molecule has 0 heterocycles. The van der Waals surface area contributed by atoms with Crippen molar-refractivity contribution in [3.63, 3.8) is 0 Å². The van der Waals surface area contributed by atoms with Crippen molar-refractivity contribution in [1.82, 2.24) is 10.2 Å². The fraction of sp³-hybridized carbons (Fsp3) is 1.00. The first-order chi connectivity index (χ1) is 7.43. The third-order valence-electron chi connectivity index (χ3n) is 4.30. The van der Waals surface area contributed by atoms with Gasteiger partial charge in [-0.2, -0.15) is 0 Å². The lowest BCUT2D eigenvalue weighted by molar-refractivity contribution is 0.0393. The number of rotatable bonds is 6. The molecule has 0 bridgehead atoms. The summed E-state index contributed by atoms with van der Waals surface area (Å²) in [5.74, 6) is 1.62. The van der Waals surface area contributed by atoms with E-state index in [1.54, 1.807) is 0 Å². The Bertz CT molecular complexity index is 201. The Morgan fingerprint density at radius 3 is 2.12 bits per heavy atom. The average Bonchev–Trinajstić information content (AvgIpc) is 2.14. The van der Waals surface area contributed by atoms with Gasteiger partial charge >= 0.3 is 0 Å². The van der Waals surface area contributed by atoms with Crippen molar-refractivity contribution in [2.24, 2.45) is 11.8 Å². The van der Waals surface area contributed by atoms with Crippen molar-refractivity contribution in [2.45, 2.75) is 65.6 Å². The van der Waals surface area contributed by atoms with Crippen molar-refractivity contribution in [2.75, 3.05) is 13.6 Å². The summed E-state index contributed by atoms with van der Waals surface area (Å²) >= 11 is 0. The second-order valence-corrected chi connectivity index (χ2v) is 6.12. The number of hydrogen-bond donors (Lipinski definition) is 1. The maximum absolute atomic E-state index is 3.57. The molecule has 1 N–H and O–H groups in total. The molecule has 1 rings (SSSR count). The highest BCUT2D eigenvalue weighted by Gasteiger charge is 2.35. The van der Waals surface area contributed by atoms with Gasteiger partial charge in [0.1, 0.15) is 0 Å². The molecule has 0 aliphatic heterocycles. The van der Waals surface area contributed by atoms with Crippen LogP contribution in [0.4, 0.5) is 0 Å². The van der Waals surface area contributed by atoms with Crippen LogP contribution in [0.25, 0.3) is 0 Å². The summed E-state index contributed by atoms with van der Waals surface area (Å²) in [5, 5.41) is 3.57. The molecule has 0 spiro atoms. The van der Waals surface area contributed by atoms with Gasteiger partial charge in [-0.25, -0.2) is 0 Å². The summed E-state index contributed by atoms with van der Waals surface area (Å²) in [6.45, 7) is 12.7. The predicted octanol–water partition coefficient (Wildman–Crippen LogP) is 2.74. The largest absolute Gasteiger partial charge is 0.314 e. The molecule has 2 nitrogen and oxygen atoms in total. The van der Waals surface area contributed by atoms with Crippen molar-refractivity contribution in [3.05, 3.63) is 0 Å². The molecular formula is C14H30N2. The van der Waals surface area contributed by atoms with Crippen molar-refractivity contribution >= 4 is 0 Å². The van der Waals surface area contributed by atoms with E-state index in [1.165, 1.54) is 19.4 Å². The van der Waals surface area contributed by atoms with Crippen molar-refractivity contribution in [1.29, 1.82) is 0 Å². The summed E-state index contributed by atoms with van der Waals surface area (Å²) in [7, 11) is 2.30. The lowest BCUT2D eigenvalue weighted by Gasteiger charge is -2.46. The third kappa shape index (κ3) is 3.46. The molecule has 0 aromatic rings. The highest BCUT2D eigenvalue weighted by molar-refractivity contribution is 4.91. The molecule has 16 heavy (non-hydrogen) atoms. The summed E-state index contributed by atoms with van der Waals surface area (Å²) in [5.41, 5.74) is 0. The third-order valence-corrected chi connectivity index (χ3v) is 4.30. The van der Waals surface area contributed by atoms with Gasteiger partial charge in [-0.3, -0.25) is 0 Å². The van der Waals surface area contributed by atoms with Crippen LogP contribution in [0.2, 0.25) is 0 Å². The van der Waals surface area contributed by atoms with E-state index >= 15 is 0 Å². The maximum Gasteiger partial charge on any atom is 0.0136 e. The van der Waals surface area contributed by atoms with E-state index < -0.39 is 0 Å². The number of nitrogens with one attached hydrogen (secondary N) is 1. The van der Waals surface area contributed by atoms with Gasteiger partial charge < -0.3 is 10.2 Å². The van der Waals surface area contributed by atoms with Gasteiger partial charge in [-0.15, -0.1) is 0 Å². The van der Waals surface area contributed by atoms with Crippen molar-refractivity contribution < 1.29 is 0 Å². The second kappa shape index (κ2) is 6.02. The molecule has 3 unspecified atom stereocenters. The molecule has 0 aromatic carbocycles. The van der Waals surface area contributed by atoms with Gasteiger partial charge in [-0.1, -0.05) is 27.7 Å². The van der Waals surface area contributed by atoms with Crippen LogP contribution in [0.3, 0.4) is 0 Å². The van der Waals surface area contributed by atoms with Gasteiger partial charge in [0.05, 0.1) is 0 Å². The Kier molecular flexibility index (Phi) is 5.26. The lowest BCUT2D eigenvalue weighted by atomic mass is 9.77. The zero-order valence-corrected chi connectivity index (χ0v) is 12.0. The maximum atomic E-state index is 3.57. The SMILES string of the molecule is CC(C)NCC1CCC1N(C)C(C)C(C)C. The molecule has 1 aliphatic rings. The molecule has 0 aromatic heterocycles. The monoisotopic (exact) mass is 226 g/mol. The summed E-state index contributed by atoms with van der Waals surface area (Å²) in [6, 6.07) is 2.13. The Balaban J connectivity index is 2.36. The fourth-order valence-electron chi connectivity index (χ4n) is 2.49. The molecule has 2 heteroatoms. The van der Waals surface area contributed by atoms with Gasteiger partial charge in [0, 0.05) is 18.1 Å². The van der Waals surface area contributed by atoms with E-state index in [0.29, 0.717) is 12.1 Å². The average molecular weight is 226 g/mol. The van der Waals surface area contributed by atoms with E-state index in [1.807, 2.05) is 0 Å². The highest BCUT2D eigenvalue weighted by Crippen LogP contribution is 2.33. The molecule has 1 fully saturated rings. The number of nitrogens with zero attached hydrogens (tertiary/aromatic N) is 1. The fourth-order valence-corrected chi connectivity index (χ4v) is 2.49.